The molecule has 1 amide bonds. The van der Waals surface area contributed by atoms with Crippen LogP contribution in [-0.2, 0) is 17.8 Å². The summed E-state index contributed by atoms with van der Waals surface area (Å²) in [6, 6.07) is 15.9. The van der Waals surface area contributed by atoms with E-state index in [1.165, 1.54) is 5.56 Å². The van der Waals surface area contributed by atoms with Crippen molar-refractivity contribution in [3.05, 3.63) is 76.3 Å². The van der Waals surface area contributed by atoms with E-state index >= 15 is 0 Å². The summed E-state index contributed by atoms with van der Waals surface area (Å²) in [5.74, 6) is 0.628. The molecule has 1 aromatic heterocycles. The first-order chi connectivity index (χ1) is 14.1. The Bertz CT molecular complexity index is 1050. The number of nitrogens with zero attached hydrogens (tertiary/aromatic N) is 3. The Kier molecular flexibility index (Phi) is 5.74. The number of amides is 1. The van der Waals surface area contributed by atoms with Crippen LogP contribution in [0.5, 0.6) is 0 Å². The summed E-state index contributed by atoms with van der Waals surface area (Å²) < 4.78 is 1.73. The Morgan fingerprint density at radius 3 is 2.62 bits per heavy atom. The lowest BCUT2D eigenvalue weighted by Gasteiger charge is -2.32. The number of hydrogen-bond acceptors (Lipinski definition) is 3. The summed E-state index contributed by atoms with van der Waals surface area (Å²) in [5, 5.41) is 0.673. The molecule has 5 nitrogen and oxygen atoms in total. The molecular weight excluding hydrogens is 362 g/mol. The van der Waals surface area contributed by atoms with Crippen LogP contribution in [0.1, 0.15) is 30.4 Å². The molecule has 0 aliphatic carbocycles. The van der Waals surface area contributed by atoms with E-state index in [0.29, 0.717) is 24.3 Å². The molecule has 0 unspecified atom stereocenters. The predicted molar refractivity (Wildman–Crippen MR) is 115 cm³/mol. The average molecular weight is 389 g/mol. The van der Waals surface area contributed by atoms with Crippen LogP contribution >= 0.6 is 0 Å². The first kappa shape index (κ1) is 19.4. The lowest BCUT2D eigenvalue weighted by molar-refractivity contribution is -0.132. The van der Waals surface area contributed by atoms with Crippen LogP contribution in [0.2, 0.25) is 0 Å². The molecule has 1 aliphatic heterocycles. The van der Waals surface area contributed by atoms with Crippen molar-refractivity contribution in [1.29, 1.82) is 0 Å². The van der Waals surface area contributed by atoms with E-state index in [1.54, 1.807) is 10.9 Å². The zero-order chi connectivity index (χ0) is 20.2. The van der Waals surface area contributed by atoms with Crippen LogP contribution in [0.3, 0.4) is 0 Å². The van der Waals surface area contributed by atoms with Gasteiger partial charge in [-0.25, -0.2) is 4.98 Å². The number of aryl methyl sites for hydroxylation is 2. The van der Waals surface area contributed by atoms with Gasteiger partial charge in [-0.3, -0.25) is 14.2 Å². The van der Waals surface area contributed by atoms with Crippen LogP contribution < -0.4 is 5.56 Å². The van der Waals surface area contributed by atoms with Crippen molar-refractivity contribution in [2.24, 2.45) is 5.92 Å². The first-order valence-electron chi connectivity index (χ1n) is 10.4. The molecule has 4 rings (SSSR count). The van der Waals surface area contributed by atoms with Crippen molar-refractivity contribution in [2.45, 2.75) is 39.2 Å². The lowest BCUT2D eigenvalue weighted by atomic mass is 9.96. The minimum Gasteiger partial charge on any atom is -0.343 e. The highest BCUT2D eigenvalue weighted by molar-refractivity contribution is 5.78. The second-order valence-electron chi connectivity index (χ2n) is 8.03. The van der Waals surface area contributed by atoms with Crippen molar-refractivity contribution >= 4 is 16.8 Å². The Morgan fingerprint density at radius 2 is 1.86 bits per heavy atom. The number of carbonyl (C=O) groups excluding carboxylic acids is 1. The van der Waals surface area contributed by atoms with Gasteiger partial charge in [0.15, 0.2) is 0 Å². The van der Waals surface area contributed by atoms with Gasteiger partial charge in [0.2, 0.25) is 5.91 Å². The summed E-state index contributed by atoms with van der Waals surface area (Å²) in [4.78, 5) is 31.7. The number of aromatic nitrogens is 2. The van der Waals surface area contributed by atoms with Gasteiger partial charge in [-0.05, 0) is 55.4 Å². The molecule has 150 valence electrons. The molecule has 2 heterocycles. The summed E-state index contributed by atoms with van der Waals surface area (Å²) in [6.07, 6.45) is 4.87. The van der Waals surface area contributed by atoms with Gasteiger partial charge in [0, 0.05) is 26.1 Å². The third-order valence-corrected chi connectivity index (χ3v) is 5.87. The number of piperidine rings is 1. The van der Waals surface area contributed by atoms with E-state index in [0.717, 1.165) is 43.4 Å². The number of carbonyl (C=O) groups is 1. The molecule has 0 spiro atoms. The molecule has 1 saturated heterocycles. The highest BCUT2D eigenvalue weighted by atomic mass is 16.2. The summed E-state index contributed by atoms with van der Waals surface area (Å²) in [7, 11) is 0. The fourth-order valence-corrected chi connectivity index (χ4v) is 4.10. The number of rotatable bonds is 5. The molecule has 2 aromatic carbocycles. The standard InChI is InChI=1S/C24H27N3O2/c1-18-7-9-21-22(15-18)25-17-27(24(21)29)16-20-11-13-26(14-12-20)23(28)10-8-19-5-3-2-4-6-19/h2-7,9,15,17,20H,8,10-14,16H2,1H3. The van der Waals surface area contributed by atoms with E-state index in [9.17, 15) is 9.59 Å². The van der Waals surface area contributed by atoms with E-state index < -0.39 is 0 Å². The van der Waals surface area contributed by atoms with Crippen LogP contribution in [-0.4, -0.2) is 33.4 Å². The van der Waals surface area contributed by atoms with E-state index in [4.69, 9.17) is 0 Å². The Hall–Kier alpha value is -2.95. The van der Waals surface area contributed by atoms with Crippen molar-refractivity contribution in [3.63, 3.8) is 0 Å². The van der Waals surface area contributed by atoms with E-state index in [2.05, 4.69) is 17.1 Å². The molecule has 0 atom stereocenters. The van der Waals surface area contributed by atoms with Gasteiger partial charge in [0.05, 0.1) is 17.2 Å². The van der Waals surface area contributed by atoms with Crippen molar-refractivity contribution in [2.75, 3.05) is 13.1 Å². The third kappa shape index (κ3) is 4.56. The normalized spacial score (nSPS) is 15.0. The molecular formula is C24H27N3O2. The van der Waals surface area contributed by atoms with Crippen LogP contribution in [0, 0.1) is 12.8 Å². The smallest absolute Gasteiger partial charge is 0.261 e. The van der Waals surface area contributed by atoms with Gasteiger partial charge >= 0.3 is 0 Å². The predicted octanol–water partition coefficient (Wildman–Crippen LogP) is 3.58. The van der Waals surface area contributed by atoms with Crippen molar-refractivity contribution in [3.8, 4) is 0 Å². The maximum Gasteiger partial charge on any atom is 0.261 e. The SMILES string of the molecule is Cc1ccc2c(=O)n(CC3CCN(C(=O)CCc4ccccc4)CC3)cnc2c1. The second kappa shape index (κ2) is 8.60. The average Bonchev–Trinajstić information content (AvgIpc) is 2.75. The first-order valence-corrected chi connectivity index (χ1v) is 10.4. The van der Waals surface area contributed by atoms with Crippen LogP contribution in [0.4, 0.5) is 0 Å². The van der Waals surface area contributed by atoms with Gasteiger partial charge in [0.1, 0.15) is 0 Å². The lowest BCUT2D eigenvalue weighted by Crippen LogP contribution is -2.40. The van der Waals surface area contributed by atoms with Crippen molar-refractivity contribution in [1.82, 2.24) is 14.5 Å². The third-order valence-electron chi connectivity index (χ3n) is 5.87. The van der Waals surface area contributed by atoms with Crippen LogP contribution in [0.15, 0.2) is 59.7 Å². The molecule has 5 heteroatoms. The Morgan fingerprint density at radius 1 is 1.10 bits per heavy atom. The molecule has 0 saturated carbocycles. The van der Waals surface area contributed by atoms with E-state index in [-0.39, 0.29) is 11.5 Å². The van der Waals surface area contributed by atoms with Gasteiger partial charge in [-0.1, -0.05) is 36.4 Å². The molecule has 29 heavy (non-hydrogen) atoms. The molecule has 0 bridgehead atoms. The van der Waals surface area contributed by atoms with Crippen LogP contribution in [0.25, 0.3) is 10.9 Å². The second-order valence-corrected chi connectivity index (χ2v) is 8.03. The fraction of sp³-hybridized carbons (Fsp3) is 0.375. The Labute approximate surface area is 171 Å². The monoisotopic (exact) mass is 389 g/mol. The van der Waals surface area contributed by atoms with E-state index in [1.807, 2.05) is 48.2 Å². The van der Waals surface area contributed by atoms with Gasteiger partial charge in [0.25, 0.3) is 5.56 Å². The Balaban J connectivity index is 1.32. The largest absolute Gasteiger partial charge is 0.343 e. The molecule has 1 fully saturated rings. The molecule has 0 N–H and O–H groups in total. The molecule has 3 aromatic rings. The molecule has 0 radical (unpaired) electrons. The highest BCUT2D eigenvalue weighted by Gasteiger charge is 2.23. The minimum absolute atomic E-state index is 0.0244. The fourth-order valence-electron chi connectivity index (χ4n) is 4.10. The zero-order valence-electron chi connectivity index (χ0n) is 16.9. The summed E-state index contributed by atoms with van der Waals surface area (Å²) in [5.41, 5.74) is 3.09. The number of fused-ring (bicyclic) bond motifs is 1. The topological polar surface area (TPSA) is 55.2 Å². The number of hydrogen-bond donors (Lipinski definition) is 0. The van der Waals surface area contributed by atoms with Gasteiger partial charge in [-0.2, -0.15) is 0 Å². The maximum atomic E-state index is 12.8. The number of likely N-dealkylation sites (tertiary alicyclic amines) is 1. The van der Waals surface area contributed by atoms with Gasteiger partial charge < -0.3 is 4.90 Å². The quantitative estimate of drug-likeness (QED) is 0.670. The zero-order valence-corrected chi connectivity index (χ0v) is 16.9. The highest BCUT2D eigenvalue weighted by Crippen LogP contribution is 2.20. The van der Waals surface area contributed by atoms with Crippen molar-refractivity contribution < 1.29 is 4.79 Å². The number of benzene rings is 2. The van der Waals surface area contributed by atoms with Gasteiger partial charge in [-0.15, -0.1) is 0 Å². The molecule has 1 aliphatic rings. The summed E-state index contributed by atoms with van der Waals surface area (Å²) >= 11 is 0. The maximum absolute atomic E-state index is 12.8. The summed E-state index contributed by atoms with van der Waals surface area (Å²) in [6.45, 7) is 4.21. The minimum atomic E-state index is 0.0244.